The van der Waals surface area contributed by atoms with Crippen LogP contribution in [-0.4, -0.2) is 30.9 Å². The minimum Gasteiger partial charge on any atom is -0.374 e. The third-order valence-corrected chi connectivity index (χ3v) is 4.70. The molecule has 6 nitrogen and oxygen atoms in total. The smallest absolute Gasteiger partial charge is 0.166 e. The molecule has 4 rings (SSSR count). The van der Waals surface area contributed by atoms with Gasteiger partial charge in [-0.1, -0.05) is 11.6 Å². The van der Waals surface area contributed by atoms with E-state index in [1.54, 1.807) is 0 Å². The van der Waals surface area contributed by atoms with Crippen molar-refractivity contribution in [1.82, 2.24) is 24.3 Å². The molecule has 0 N–H and O–H groups in total. The van der Waals surface area contributed by atoms with Gasteiger partial charge in [0.15, 0.2) is 11.6 Å². The van der Waals surface area contributed by atoms with Gasteiger partial charge in [0.25, 0.3) is 0 Å². The van der Waals surface area contributed by atoms with Gasteiger partial charge in [-0.3, -0.25) is 4.57 Å². The number of aromatic nitrogens is 5. The monoisotopic (exact) mass is 373 g/mol. The van der Waals surface area contributed by atoms with Gasteiger partial charge in [-0.05, 0) is 41.9 Å². The number of fused-ring (bicyclic) bond motifs is 5. The second-order valence-corrected chi connectivity index (χ2v) is 6.29. The Labute approximate surface area is 142 Å². The molecule has 0 atom stereocenters. The SMILES string of the molecule is CCOCc1nnc2n1Cc1c(Br)ncn1-c1ccc(C)cc1-2. The van der Waals surface area contributed by atoms with E-state index >= 15 is 0 Å². The Kier molecular flexibility index (Phi) is 3.54. The molecule has 2 aromatic heterocycles. The van der Waals surface area contributed by atoms with E-state index in [4.69, 9.17) is 4.74 Å². The molecule has 23 heavy (non-hydrogen) atoms. The van der Waals surface area contributed by atoms with E-state index in [1.165, 1.54) is 5.56 Å². The molecule has 0 radical (unpaired) electrons. The van der Waals surface area contributed by atoms with Crippen LogP contribution in [0, 0.1) is 6.92 Å². The lowest BCUT2D eigenvalue weighted by Crippen LogP contribution is -2.09. The first-order valence-electron chi connectivity index (χ1n) is 7.52. The maximum Gasteiger partial charge on any atom is 0.166 e. The fourth-order valence-electron chi connectivity index (χ4n) is 2.89. The number of halogens is 1. The zero-order chi connectivity index (χ0) is 16.0. The van der Waals surface area contributed by atoms with Gasteiger partial charge in [0.1, 0.15) is 17.5 Å². The molecule has 118 valence electrons. The zero-order valence-electron chi connectivity index (χ0n) is 13.0. The topological polar surface area (TPSA) is 57.8 Å². The van der Waals surface area contributed by atoms with Gasteiger partial charge in [-0.15, -0.1) is 10.2 Å². The Bertz CT molecular complexity index is 883. The van der Waals surface area contributed by atoms with Gasteiger partial charge in [-0.25, -0.2) is 4.98 Å². The normalized spacial score (nSPS) is 12.5. The van der Waals surface area contributed by atoms with Crippen molar-refractivity contribution in [3.8, 4) is 17.1 Å². The summed E-state index contributed by atoms with van der Waals surface area (Å²) in [5.41, 5.74) is 4.39. The van der Waals surface area contributed by atoms with Crippen LogP contribution in [0.5, 0.6) is 0 Å². The first-order chi connectivity index (χ1) is 11.2. The van der Waals surface area contributed by atoms with Crippen molar-refractivity contribution < 1.29 is 4.74 Å². The van der Waals surface area contributed by atoms with Gasteiger partial charge < -0.3 is 9.30 Å². The van der Waals surface area contributed by atoms with Crippen LogP contribution < -0.4 is 0 Å². The number of nitrogens with zero attached hydrogens (tertiary/aromatic N) is 5. The van der Waals surface area contributed by atoms with Gasteiger partial charge in [0.2, 0.25) is 0 Å². The van der Waals surface area contributed by atoms with Crippen LogP contribution in [0.3, 0.4) is 0 Å². The number of hydrogen-bond donors (Lipinski definition) is 0. The van der Waals surface area contributed by atoms with E-state index in [9.17, 15) is 0 Å². The highest BCUT2D eigenvalue weighted by atomic mass is 79.9. The van der Waals surface area contributed by atoms with Crippen LogP contribution in [0.15, 0.2) is 29.1 Å². The summed E-state index contributed by atoms with van der Waals surface area (Å²) in [6, 6.07) is 6.35. The molecule has 7 heteroatoms. The van der Waals surface area contributed by atoms with Crippen molar-refractivity contribution >= 4 is 15.9 Å². The largest absolute Gasteiger partial charge is 0.374 e. The van der Waals surface area contributed by atoms with Gasteiger partial charge in [0, 0.05) is 12.2 Å². The summed E-state index contributed by atoms with van der Waals surface area (Å²) in [5, 5.41) is 8.76. The first-order valence-corrected chi connectivity index (χ1v) is 8.31. The second-order valence-electron chi connectivity index (χ2n) is 5.54. The Balaban J connectivity index is 1.97. The molecule has 3 aromatic rings. The second kappa shape index (κ2) is 5.58. The first kappa shape index (κ1) is 14.6. The highest BCUT2D eigenvalue weighted by Gasteiger charge is 2.25. The highest BCUT2D eigenvalue weighted by molar-refractivity contribution is 9.10. The van der Waals surface area contributed by atoms with Crippen molar-refractivity contribution in [2.45, 2.75) is 27.0 Å². The molecule has 1 aromatic carbocycles. The number of benzene rings is 1. The van der Waals surface area contributed by atoms with Crippen molar-refractivity contribution in [1.29, 1.82) is 0 Å². The fourth-order valence-corrected chi connectivity index (χ4v) is 3.30. The number of aryl methyl sites for hydroxylation is 1. The van der Waals surface area contributed by atoms with E-state index < -0.39 is 0 Å². The van der Waals surface area contributed by atoms with E-state index in [0.717, 1.165) is 33.2 Å². The summed E-state index contributed by atoms with van der Waals surface area (Å²) < 4.78 is 10.6. The van der Waals surface area contributed by atoms with Gasteiger partial charge in [0.05, 0.1) is 17.9 Å². The average Bonchev–Trinajstić information content (AvgIpc) is 3.07. The summed E-state index contributed by atoms with van der Waals surface area (Å²) >= 11 is 3.55. The van der Waals surface area contributed by atoms with Crippen LogP contribution >= 0.6 is 15.9 Å². The third kappa shape index (κ3) is 2.31. The van der Waals surface area contributed by atoms with Gasteiger partial charge >= 0.3 is 0 Å². The molecule has 0 saturated carbocycles. The average molecular weight is 374 g/mol. The van der Waals surface area contributed by atoms with Crippen LogP contribution in [0.1, 0.15) is 24.0 Å². The van der Waals surface area contributed by atoms with Crippen molar-refractivity contribution in [2.75, 3.05) is 6.61 Å². The number of ether oxygens (including phenoxy) is 1. The predicted octanol–water partition coefficient (Wildman–Crippen LogP) is 3.10. The van der Waals surface area contributed by atoms with Crippen molar-refractivity contribution in [2.24, 2.45) is 0 Å². The molecule has 0 unspecified atom stereocenters. The molecule has 0 aliphatic carbocycles. The summed E-state index contributed by atoms with van der Waals surface area (Å²) in [6.45, 7) is 5.82. The minimum absolute atomic E-state index is 0.455. The number of hydrogen-bond acceptors (Lipinski definition) is 4. The molecule has 0 bridgehead atoms. The zero-order valence-corrected chi connectivity index (χ0v) is 14.5. The van der Waals surface area contributed by atoms with E-state index in [0.29, 0.717) is 19.8 Å². The molecule has 0 amide bonds. The summed E-state index contributed by atoms with van der Waals surface area (Å²) in [5.74, 6) is 1.70. The summed E-state index contributed by atoms with van der Waals surface area (Å²) in [7, 11) is 0. The molecular weight excluding hydrogens is 358 g/mol. The molecule has 1 aliphatic rings. The Morgan fingerprint density at radius 3 is 3.00 bits per heavy atom. The van der Waals surface area contributed by atoms with Crippen molar-refractivity contribution in [3.05, 3.63) is 46.2 Å². The van der Waals surface area contributed by atoms with Crippen LogP contribution in [0.25, 0.3) is 17.1 Å². The van der Waals surface area contributed by atoms with E-state index in [1.807, 2.05) is 13.3 Å². The van der Waals surface area contributed by atoms with Crippen LogP contribution in [-0.2, 0) is 17.9 Å². The lowest BCUT2D eigenvalue weighted by molar-refractivity contribution is 0.125. The maximum atomic E-state index is 5.54. The molecule has 0 saturated heterocycles. The maximum absolute atomic E-state index is 5.54. The molecule has 0 spiro atoms. The minimum atomic E-state index is 0.455. The Morgan fingerprint density at radius 2 is 2.17 bits per heavy atom. The number of rotatable bonds is 3. The quantitative estimate of drug-likeness (QED) is 0.553. The van der Waals surface area contributed by atoms with Crippen LogP contribution in [0.4, 0.5) is 0 Å². The lowest BCUT2D eigenvalue weighted by atomic mass is 10.1. The van der Waals surface area contributed by atoms with E-state index in [-0.39, 0.29) is 0 Å². The van der Waals surface area contributed by atoms with Gasteiger partial charge in [-0.2, -0.15) is 0 Å². The molecular formula is C16H16BrN5O. The van der Waals surface area contributed by atoms with E-state index in [2.05, 4.69) is 65.4 Å². The molecule has 0 fully saturated rings. The summed E-state index contributed by atoms with van der Waals surface area (Å²) in [6.07, 6.45) is 1.84. The lowest BCUT2D eigenvalue weighted by Gasteiger charge is -2.08. The van der Waals surface area contributed by atoms with Crippen molar-refractivity contribution in [3.63, 3.8) is 0 Å². The summed E-state index contributed by atoms with van der Waals surface area (Å²) in [4.78, 5) is 4.40. The molecule has 3 heterocycles. The predicted molar refractivity (Wildman–Crippen MR) is 89.4 cm³/mol. The molecule has 1 aliphatic heterocycles. The third-order valence-electron chi connectivity index (χ3n) is 4.04. The Morgan fingerprint density at radius 1 is 1.30 bits per heavy atom. The highest BCUT2D eigenvalue weighted by Crippen LogP contribution is 2.34. The fraction of sp³-hybridized carbons (Fsp3) is 0.312. The Hall–Kier alpha value is -1.99. The van der Waals surface area contributed by atoms with Crippen LogP contribution in [0.2, 0.25) is 0 Å². The number of imidazole rings is 1. The standard InChI is InChI=1S/C16H16BrN5O/c1-3-23-8-14-19-20-16-11-6-10(2)4-5-12(11)22-9-18-15(17)13(22)7-21(14)16/h4-6,9H,3,7-8H2,1-2H3.